The van der Waals surface area contributed by atoms with E-state index in [0.717, 1.165) is 31.6 Å². The van der Waals surface area contributed by atoms with Crippen molar-refractivity contribution in [1.29, 1.82) is 0 Å². The number of para-hydroxylation sites is 1. The molecule has 3 nitrogen and oxygen atoms in total. The summed E-state index contributed by atoms with van der Waals surface area (Å²) in [7, 11) is 2.03. The molecule has 1 unspecified atom stereocenters. The normalized spacial score (nSPS) is 20.1. The van der Waals surface area contributed by atoms with Crippen molar-refractivity contribution in [2.45, 2.75) is 25.5 Å². The third-order valence-corrected chi connectivity index (χ3v) is 3.35. The molecular weight excluding hydrogens is 238 g/mol. The van der Waals surface area contributed by atoms with E-state index in [4.69, 9.17) is 16.3 Å². The molecule has 1 aliphatic rings. The highest BCUT2D eigenvalue weighted by atomic mass is 35.5. The van der Waals surface area contributed by atoms with Crippen LogP contribution in [0.1, 0.15) is 18.4 Å². The van der Waals surface area contributed by atoms with Gasteiger partial charge in [0, 0.05) is 25.3 Å². The van der Waals surface area contributed by atoms with E-state index in [-0.39, 0.29) is 5.75 Å². The molecule has 0 aromatic heterocycles. The number of ether oxygens (including phenoxy) is 1. The summed E-state index contributed by atoms with van der Waals surface area (Å²) in [5, 5.41) is 10.2. The summed E-state index contributed by atoms with van der Waals surface area (Å²) in [5.41, 5.74) is 0.859. The standard InChI is InChI=1S/C13H18ClNO2/c1-15(9-11-5-3-7-17-11)8-10-4-2-6-12(14)13(10)16/h2,4,6,11,16H,3,5,7-9H2,1H3. The molecule has 17 heavy (non-hydrogen) atoms. The van der Waals surface area contributed by atoms with Gasteiger partial charge in [-0.1, -0.05) is 23.7 Å². The molecule has 0 saturated carbocycles. The van der Waals surface area contributed by atoms with Crippen molar-refractivity contribution in [2.24, 2.45) is 0 Å². The van der Waals surface area contributed by atoms with Crippen LogP contribution in [0.25, 0.3) is 0 Å². The van der Waals surface area contributed by atoms with Gasteiger partial charge in [-0.15, -0.1) is 0 Å². The SMILES string of the molecule is CN(Cc1cccc(Cl)c1O)CC1CCCO1. The van der Waals surface area contributed by atoms with Crippen LogP contribution in [0.4, 0.5) is 0 Å². The van der Waals surface area contributed by atoms with Gasteiger partial charge in [-0.3, -0.25) is 4.90 Å². The van der Waals surface area contributed by atoms with E-state index < -0.39 is 0 Å². The molecule has 0 amide bonds. The Bertz CT molecular complexity index is 378. The molecule has 1 aromatic rings. The summed E-state index contributed by atoms with van der Waals surface area (Å²) in [6.07, 6.45) is 2.62. The molecule has 1 saturated heterocycles. The number of aromatic hydroxyl groups is 1. The molecule has 94 valence electrons. The van der Waals surface area contributed by atoms with Gasteiger partial charge in [0.05, 0.1) is 11.1 Å². The Balaban J connectivity index is 1.93. The van der Waals surface area contributed by atoms with Crippen molar-refractivity contribution in [3.63, 3.8) is 0 Å². The van der Waals surface area contributed by atoms with Crippen LogP contribution in [-0.4, -0.2) is 36.3 Å². The first-order chi connectivity index (χ1) is 8.16. The quantitative estimate of drug-likeness (QED) is 0.898. The van der Waals surface area contributed by atoms with E-state index in [0.29, 0.717) is 17.7 Å². The van der Waals surface area contributed by atoms with Crippen LogP contribution in [0.5, 0.6) is 5.75 Å². The van der Waals surface area contributed by atoms with Gasteiger partial charge in [-0.2, -0.15) is 0 Å². The fraction of sp³-hybridized carbons (Fsp3) is 0.538. The zero-order chi connectivity index (χ0) is 12.3. The highest BCUT2D eigenvalue weighted by Gasteiger charge is 2.18. The average molecular weight is 256 g/mol. The lowest BCUT2D eigenvalue weighted by Gasteiger charge is -2.21. The van der Waals surface area contributed by atoms with Crippen LogP contribution in [0.15, 0.2) is 18.2 Å². The minimum atomic E-state index is 0.188. The minimum Gasteiger partial charge on any atom is -0.506 e. The lowest BCUT2D eigenvalue weighted by Crippen LogP contribution is -2.28. The molecule has 1 aromatic carbocycles. The summed E-state index contributed by atoms with van der Waals surface area (Å²) in [6.45, 7) is 2.46. The number of hydrogen-bond acceptors (Lipinski definition) is 3. The second-order valence-corrected chi connectivity index (χ2v) is 4.99. The first kappa shape index (κ1) is 12.7. The molecule has 1 fully saturated rings. The smallest absolute Gasteiger partial charge is 0.138 e. The van der Waals surface area contributed by atoms with Gasteiger partial charge < -0.3 is 9.84 Å². The Kier molecular flexibility index (Phi) is 4.26. The van der Waals surface area contributed by atoms with Gasteiger partial charge in [0.15, 0.2) is 0 Å². The lowest BCUT2D eigenvalue weighted by atomic mass is 10.1. The van der Waals surface area contributed by atoms with Gasteiger partial charge in [-0.05, 0) is 26.0 Å². The minimum absolute atomic E-state index is 0.188. The van der Waals surface area contributed by atoms with E-state index in [2.05, 4.69) is 4.90 Å². The molecule has 1 aliphatic heterocycles. The first-order valence-electron chi connectivity index (χ1n) is 5.93. The molecule has 1 heterocycles. The number of nitrogens with zero attached hydrogens (tertiary/aromatic N) is 1. The number of phenolic OH excluding ortho intramolecular Hbond substituents is 1. The lowest BCUT2D eigenvalue weighted by molar-refractivity contribution is 0.0791. The fourth-order valence-electron chi connectivity index (χ4n) is 2.18. The van der Waals surface area contributed by atoms with Crippen LogP contribution < -0.4 is 0 Å². The topological polar surface area (TPSA) is 32.7 Å². The van der Waals surface area contributed by atoms with E-state index in [9.17, 15) is 5.11 Å². The van der Waals surface area contributed by atoms with Gasteiger partial charge in [0.25, 0.3) is 0 Å². The van der Waals surface area contributed by atoms with E-state index >= 15 is 0 Å². The van der Waals surface area contributed by atoms with Crippen LogP contribution in [-0.2, 0) is 11.3 Å². The molecule has 4 heteroatoms. The van der Waals surface area contributed by atoms with Gasteiger partial charge in [0.1, 0.15) is 5.75 Å². The number of phenols is 1. The second-order valence-electron chi connectivity index (χ2n) is 4.58. The molecule has 0 spiro atoms. The van der Waals surface area contributed by atoms with Crippen molar-refractivity contribution >= 4 is 11.6 Å². The van der Waals surface area contributed by atoms with Crippen molar-refractivity contribution in [3.8, 4) is 5.75 Å². The maximum atomic E-state index is 9.82. The van der Waals surface area contributed by atoms with E-state index in [1.165, 1.54) is 0 Å². The zero-order valence-corrected chi connectivity index (χ0v) is 10.8. The summed E-state index contributed by atoms with van der Waals surface area (Å²) in [5.74, 6) is 0.188. The fourth-order valence-corrected chi connectivity index (χ4v) is 2.37. The Morgan fingerprint density at radius 2 is 2.35 bits per heavy atom. The van der Waals surface area contributed by atoms with Crippen molar-refractivity contribution < 1.29 is 9.84 Å². The van der Waals surface area contributed by atoms with Crippen LogP contribution in [0.3, 0.4) is 0 Å². The highest BCUT2D eigenvalue weighted by molar-refractivity contribution is 6.32. The number of likely N-dealkylation sites (N-methyl/N-ethyl adjacent to an activating group) is 1. The average Bonchev–Trinajstić information content (AvgIpc) is 2.77. The number of rotatable bonds is 4. The van der Waals surface area contributed by atoms with Crippen molar-refractivity contribution in [2.75, 3.05) is 20.2 Å². The monoisotopic (exact) mass is 255 g/mol. The van der Waals surface area contributed by atoms with Gasteiger partial charge in [-0.25, -0.2) is 0 Å². The number of halogens is 1. The summed E-state index contributed by atoms with van der Waals surface area (Å²) >= 11 is 5.87. The number of hydrogen-bond donors (Lipinski definition) is 1. The predicted octanol–water partition coefficient (Wildman–Crippen LogP) is 2.66. The summed E-state index contributed by atoms with van der Waals surface area (Å²) in [6, 6.07) is 5.45. The second kappa shape index (κ2) is 5.71. The largest absolute Gasteiger partial charge is 0.506 e. The molecule has 0 bridgehead atoms. The predicted molar refractivity (Wildman–Crippen MR) is 68.4 cm³/mol. The molecular formula is C13H18ClNO2. The summed E-state index contributed by atoms with van der Waals surface area (Å²) < 4.78 is 5.59. The van der Waals surface area contributed by atoms with E-state index in [1.54, 1.807) is 6.07 Å². The van der Waals surface area contributed by atoms with Crippen LogP contribution >= 0.6 is 11.6 Å². The van der Waals surface area contributed by atoms with Gasteiger partial charge in [0.2, 0.25) is 0 Å². The van der Waals surface area contributed by atoms with Crippen molar-refractivity contribution in [3.05, 3.63) is 28.8 Å². The molecule has 1 atom stereocenters. The third-order valence-electron chi connectivity index (χ3n) is 3.05. The van der Waals surface area contributed by atoms with Crippen molar-refractivity contribution in [1.82, 2.24) is 4.90 Å². The number of benzene rings is 1. The Morgan fingerprint density at radius 3 is 3.06 bits per heavy atom. The zero-order valence-electron chi connectivity index (χ0n) is 10.0. The van der Waals surface area contributed by atoms with Gasteiger partial charge >= 0.3 is 0 Å². The molecule has 2 rings (SSSR count). The Hall–Kier alpha value is -0.770. The van der Waals surface area contributed by atoms with Crippen LogP contribution in [0.2, 0.25) is 5.02 Å². The third kappa shape index (κ3) is 3.35. The maximum absolute atomic E-state index is 9.82. The summed E-state index contributed by atoms with van der Waals surface area (Å²) in [4.78, 5) is 2.15. The molecule has 0 radical (unpaired) electrons. The molecule has 1 N–H and O–H groups in total. The van der Waals surface area contributed by atoms with Crippen LogP contribution in [0, 0.1) is 0 Å². The Labute approximate surface area is 107 Å². The molecule has 0 aliphatic carbocycles. The maximum Gasteiger partial charge on any atom is 0.138 e. The first-order valence-corrected chi connectivity index (χ1v) is 6.31. The highest BCUT2D eigenvalue weighted by Crippen LogP contribution is 2.27. The Morgan fingerprint density at radius 1 is 1.53 bits per heavy atom. The van der Waals surface area contributed by atoms with E-state index in [1.807, 2.05) is 19.2 Å².